The summed E-state index contributed by atoms with van der Waals surface area (Å²) in [6.07, 6.45) is 0.585. The quantitative estimate of drug-likeness (QED) is 0.575. The molecule has 2 amide bonds. The molecule has 3 aromatic rings. The number of amides is 2. The Labute approximate surface area is 191 Å². The highest BCUT2D eigenvalue weighted by Gasteiger charge is 2.25. The molecule has 7 nitrogen and oxygen atoms in total. The highest BCUT2D eigenvalue weighted by atomic mass is 32.1. The molecule has 1 aromatic heterocycles. The molecule has 1 aliphatic heterocycles. The van der Waals surface area contributed by atoms with E-state index in [1.165, 1.54) is 16.2 Å². The number of anilines is 1. The van der Waals surface area contributed by atoms with Gasteiger partial charge < -0.3 is 20.3 Å². The van der Waals surface area contributed by atoms with Crippen LogP contribution in [-0.2, 0) is 35.5 Å². The molecule has 1 atom stereocenters. The van der Waals surface area contributed by atoms with E-state index in [9.17, 15) is 9.59 Å². The summed E-state index contributed by atoms with van der Waals surface area (Å²) in [7, 11) is 2.07. The Morgan fingerprint density at radius 1 is 1.09 bits per heavy atom. The Morgan fingerprint density at radius 2 is 1.78 bits per heavy atom. The lowest BCUT2D eigenvalue weighted by Crippen LogP contribution is -2.45. The Balaban J connectivity index is 1.42. The third-order valence-corrected chi connectivity index (χ3v) is 6.25. The molecule has 0 radical (unpaired) electrons. The minimum absolute atomic E-state index is 0.138. The number of carbonyl (C=O) groups excluding carboxylic acids is 2. The maximum Gasteiger partial charge on any atom is 0.408 e. The number of thiazole rings is 1. The SMILES string of the molecule is CN1CCc2nc(NC(=O)C(Cc3ccccc3)NC(=O)OCc3ccccc3)sc2C1. The second-order valence-corrected chi connectivity index (χ2v) is 8.90. The van der Waals surface area contributed by atoms with Crippen molar-refractivity contribution < 1.29 is 14.3 Å². The van der Waals surface area contributed by atoms with Gasteiger partial charge in [0, 0.05) is 30.8 Å². The number of rotatable bonds is 7. The Hall–Kier alpha value is -3.23. The molecule has 8 heteroatoms. The molecule has 0 saturated heterocycles. The van der Waals surface area contributed by atoms with E-state index in [0.717, 1.165) is 36.3 Å². The second-order valence-electron chi connectivity index (χ2n) is 7.81. The number of benzene rings is 2. The summed E-state index contributed by atoms with van der Waals surface area (Å²) in [5.41, 5.74) is 2.86. The second kappa shape index (κ2) is 10.4. The van der Waals surface area contributed by atoms with E-state index in [-0.39, 0.29) is 12.5 Å². The van der Waals surface area contributed by atoms with Gasteiger partial charge in [-0.3, -0.25) is 4.79 Å². The molecule has 0 fully saturated rings. The van der Waals surface area contributed by atoms with Crippen LogP contribution in [0.15, 0.2) is 60.7 Å². The molecule has 1 aliphatic rings. The zero-order valence-electron chi connectivity index (χ0n) is 17.9. The molecular weight excluding hydrogens is 424 g/mol. The predicted octanol–water partition coefficient (Wildman–Crippen LogP) is 3.61. The number of hydrogen-bond acceptors (Lipinski definition) is 6. The van der Waals surface area contributed by atoms with Crippen LogP contribution in [0.1, 0.15) is 21.7 Å². The van der Waals surface area contributed by atoms with Gasteiger partial charge in [0.25, 0.3) is 0 Å². The molecule has 32 heavy (non-hydrogen) atoms. The van der Waals surface area contributed by atoms with Gasteiger partial charge in [0.2, 0.25) is 5.91 Å². The third-order valence-electron chi connectivity index (χ3n) is 5.26. The standard InChI is InChI=1S/C24H26N4O3S/c1-28-13-12-19-21(15-28)32-23(25-19)27-22(29)20(14-17-8-4-2-5-9-17)26-24(30)31-16-18-10-6-3-7-11-18/h2-11,20H,12-16H2,1H3,(H,26,30)(H,25,27,29). The highest BCUT2D eigenvalue weighted by Crippen LogP contribution is 2.27. The topological polar surface area (TPSA) is 83.6 Å². The number of carbonyl (C=O) groups is 2. The molecule has 0 spiro atoms. The zero-order chi connectivity index (χ0) is 22.3. The molecule has 2 N–H and O–H groups in total. The largest absolute Gasteiger partial charge is 0.445 e. The van der Waals surface area contributed by atoms with E-state index < -0.39 is 12.1 Å². The summed E-state index contributed by atoms with van der Waals surface area (Å²) in [6.45, 7) is 1.93. The minimum Gasteiger partial charge on any atom is -0.445 e. The zero-order valence-corrected chi connectivity index (χ0v) is 18.7. The van der Waals surface area contributed by atoms with Crippen molar-refractivity contribution in [2.24, 2.45) is 0 Å². The van der Waals surface area contributed by atoms with E-state index >= 15 is 0 Å². The van der Waals surface area contributed by atoms with Crippen molar-refractivity contribution in [2.45, 2.75) is 32.0 Å². The normalized spacial score (nSPS) is 14.3. The summed E-state index contributed by atoms with van der Waals surface area (Å²) in [6, 6.07) is 18.2. The lowest BCUT2D eigenvalue weighted by molar-refractivity contribution is -0.118. The van der Waals surface area contributed by atoms with Crippen molar-refractivity contribution in [2.75, 3.05) is 18.9 Å². The first-order valence-corrected chi connectivity index (χ1v) is 11.4. The average Bonchev–Trinajstić information content (AvgIpc) is 3.20. The Bertz CT molecular complexity index is 1060. The monoisotopic (exact) mass is 450 g/mol. The summed E-state index contributed by atoms with van der Waals surface area (Å²) in [5, 5.41) is 6.18. The van der Waals surface area contributed by atoms with Crippen LogP contribution < -0.4 is 10.6 Å². The van der Waals surface area contributed by atoms with Gasteiger partial charge in [0.1, 0.15) is 12.6 Å². The van der Waals surface area contributed by atoms with E-state index in [1.54, 1.807) is 0 Å². The number of ether oxygens (including phenoxy) is 1. The van der Waals surface area contributed by atoms with Crippen LogP contribution >= 0.6 is 11.3 Å². The van der Waals surface area contributed by atoms with Gasteiger partial charge in [-0.05, 0) is 18.2 Å². The molecule has 0 saturated carbocycles. The molecule has 1 unspecified atom stereocenters. The van der Waals surface area contributed by atoms with Crippen LogP contribution in [0.4, 0.5) is 9.93 Å². The van der Waals surface area contributed by atoms with Gasteiger partial charge in [-0.2, -0.15) is 0 Å². The van der Waals surface area contributed by atoms with Gasteiger partial charge in [-0.1, -0.05) is 60.7 Å². The summed E-state index contributed by atoms with van der Waals surface area (Å²) < 4.78 is 5.33. The number of fused-ring (bicyclic) bond motifs is 1. The van der Waals surface area contributed by atoms with Crippen molar-refractivity contribution >= 4 is 28.5 Å². The maximum absolute atomic E-state index is 13.1. The van der Waals surface area contributed by atoms with Crippen LogP contribution in [0.25, 0.3) is 0 Å². The lowest BCUT2D eigenvalue weighted by Gasteiger charge is -2.20. The molecule has 0 aliphatic carbocycles. The molecule has 0 bridgehead atoms. The first-order chi connectivity index (χ1) is 15.6. The molecule has 2 aromatic carbocycles. The van der Waals surface area contributed by atoms with Crippen LogP contribution in [-0.4, -0.2) is 41.5 Å². The first-order valence-electron chi connectivity index (χ1n) is 10.6. The fourth-order valence-electron chi connectivity index (χ4n) is 3.54. The number of hydrogen-bond donors (Lipinski definition) is 2. The number of likely N-dealkylation sites (N-methyl/N-ethyl adjacent to an activating group) is 1. The van der Waals surface area contributed by atoms with E-state index in [0.29, 0.717) is 11.6 Å². The minimum atomic E-state index is -0.788. The Morgan fingerprint density at radius 3 is 2.50 bits per heavy atom. The molecule has 2 heterocycles. The van der Waals surface area contributed by atoms with Gasteiger partial charge in [-0.15, -0.1) is 11.3 Å². The van der Waals surface area contributed by atoms with E-state index in [1.807, 2.05) is 60.7 Å². The number of nitrogens with one attached hydrogen (secondary N) is 2. The van der Waals surface area contributed by atoms with E-state index in [4.69, 9.17) is 4.74 Å². The van der Waals surface area contributed by atoms with Crippen molar-refractivity contribution in [3.8, 4) is 0 Å². The average molecular weight is 451 g/mol. The maximum atomic E-state index is 13.1. The van der Waals surface area contributed by atoms with Gasteiger partial charge in [0.05, 0.1) is 5.69 Å². The summed E-state index contributed by atoms with van der Waals surface area (Å²) >= 11 is 1.49. The summed E-state index contributed by atoms with van der Waals surface area (Å²) in [5.74, 6) is -0.315. The Kier molecular flexibility index (Phi) is 7.14. The predicted molar refractivity (Wildman–Crippen MR) is 124 cm³/mol. The van der Waals surface area contributed by atoms with Crippen molar-refractivity contribution in [3.05, 3.63) is 82.4 Å². The van der Waals surface area contributed by atoms with Crippen molar-refractivity contribution in [1.82, 2.24) is 15.2 Å². The van der Waals surface area contributed by atoms with Gasteiger partial charge in [0.15, 0.2) is 5.13 Å². The smallest absolute Gasteiger partial charge is 0.408 e. The first kappa shape index (κ1) is 22.0. The molecular formula is C24H26N4O3S. The van der Waals surface area contributed by atoms with Crippen LogP contribution in [0.3, 0.4) is 0 Å². The highest BCUT2D eigenvalue weighted by molar-refractivity contribution is 7.15. The lowest BCUT2D eigenvalue weighted by atomic mass is 10.1. The van der Waals surface area contributed by atoms with Gasteiger partial charge in [-0.25, -0.2) is 9.78 Å². The van der Waals surface area contributed by atoms with Crippen molar-refractivity contribution in [1.29, 1.82) is 0 Å². The number of alkyl carbamates (subject to hydrolysis) is 1. The fourth-order valence-corrected chi connectivity index (χ4v) is 4.63. The fraction of sp³-hybridized carbons (Fsp3) is 0.292. The third kappa shape index (κ3) is 5.93. The van der Waals surface area contributed by atoms with E-state index in [2.05, 4.69) is 27.6 Å². The molecule has 166 valence electrons. The van der Waals surface area contributed by atoms with Crippen molar-refractivity contribution in [3.63, 3.8) is 0 Å². The van der Waals surface area contributed by atoms with Crippen LogP contribution in [0.5, 0.6) is 0 Å². The van der Waals surface area contributed by atoms with Crippen LogP contribution in [0.2, 0.25) is 0 Å². The van der Waals surface area contributed by atoms with Crippen LogP contribution in [0, 0.1) is 0 Å². The molecule has 4 rings (SSSR count). The number of nitrogens with zero attached hydrogens (tertiary/aromatic N) is 2. The summed E-state index contributed by atoms with van der Waals surface area (Å²) in [4.78, 5) is 33.5. The number of aromatic nitrogens is 1. The van der Waals surface area contributed by atoms with Gasteiger partial charge >= 0.3 is 6.09 Å².